The van der Waals surface area contributed by atoms with Crippen LogP contribution in [0.5, 0.6) is 0 Å². The summed E-state index contributed by atoms with van der Waals surface area (Å²) >= 11 is 0. The molecule has 1 heterocycles. The molecular formula is C23H25N3O3. The number of aromatic nitrogens is 2. The van der Waals surface area contributed by atoms with Crippen LogP contribution in [-0.2, 0) is 20.7 Å². The maximum absolute atomic E-state index is 12.4. The molecule has 0 saturated carbocycles. The molecule has 3 aromatic rings. The summed E-state index contributed by atoms with van der Waals surface area (Å²) in [5, 5.41) is 7.29. The second-order valence-corrected chi connectivity index (χ2v) is 7.06. The molecule has 3 rings (SSSR count). The molecule has 0 spiro atoms. The van der Waals surface area contributed by atoms with Gasteiger partial charge in [-0.15, -0.1) is 0 Å². The standard InChI is InChI=1S/C23H25N3O3/c1-15-10-12-19(13-11-15)24-23(28)18(4)29-22(27)14-21-16(2)25-26(17(21)3)20-8-6-5-7-9-20/h5-13,18H,14H2,1-4H3,(H,24,28)/t18-/m0/s1. The highest BCUT2D eigenvalue weighted by atomic mass is 16.5. The number of carbonyl (C=O) groups excluding carboxylic acids is 2. The normalized spacial score (nSPS) is 11.7. The zero-order valence-corrected chi connectivity index (χ0v) is 17.1. The van der Waals surface area contributed by atoms with Crippen LogP contribution in [0.3, 0.4) is 0 Å². The van der Waals surface area contributed by atoms with E-state index in [0.29, 0.717) is 5.69 Å². The second kappa shape index (κ2) is 8.73. The van der Waals surface area contributed by atoms with Crippen molar-refractivity contribution < 1.29 is 14.3 Å². The van der Waals surface area contributed by atoms with Gasteiger partial charge in [0, 0.05) is 16.9 Å². The summed E-state index contributed by atoms with van der Waals surface area (Å²) in [4.78, 5) is 24.7. The van der Waals surface area contributed by atoms with E-state index >= 15 is 0 Å². The number of esters is 1. The first-order valence-electron chi connectivity index (χ1n) is 9.52. The van der Waals surface area contributed by atoms with Crippen LogP contribution < -0.4 is 5.32 Å². The fourth-order valence-corrected chi connectivity index (χ4v) is 3.07. The molecule has 0 bridgehead atoms. The minimum absolute atomic E-state index is 0.0622. The van der Waals surface area contributed by atoms with Gasteiger partial charge < -0.3 is 10.1 Å². The van der Waals surface area contributed by atoms with Crippen LogP contribution in [0.4, 0.5) is 5.69 Å². The third-order valence-electron chi connectivity index (χ3n) is 4.76. The number of ether oxygens (including phenoxy) is 1. The molecule has 0 fully saturated rings. The Kier molecular flexibility index (Phi) is 6.12. The summed E-state index contributed by atoms with van der Waals surface area (Å²) in [7, 11) is 0. The van der Waals surface area contributed by atoms with Gasteiger partial charge in [0.05, 0.1) is 17.8 Å². The number of amides is 1. The molecule has 6 heteroatoms. The molecule has 1 aromatic heterocycles. The number of aryl methyl sites for hydroxylation is 2. The van der Waals surface area contributed by atoms with Gasteiger partial charge in [0.25, 0.3) is 5.91 Å². The van der Waals surface area contributed by atoms with Gasteiger partial charge >= 0.3 is 5.97 Å². The van der Waals surface area contributed by atoms with Gasteiger partial charge in [-0.25, -0.2) is 4.68 Å². The second-order valence-electron chi connectivity index (χ2n) is 7.06. The quantitative estimate of drug-likeness (QED) is 0.647. The molecule has 1 amide bonds. The molecule has 0 saturated heterocycles. The Hall–Kier alpha value is -3.41. The average Bonchev–Trinajstić information content (AvgIpc) is 2.98. The summed E-state index contributed by atoms with van der Waals surface area (Å²) < 4.78 is 7.16. The van der Waals surface area contributed by atoms with Gasteiger partial charge in [-0.2, -0.15) is 5.10 Å². The summed E-state index contributed by atoms with van der Waals surface area (Å²) in [6.45, 7) is 7.32. The van der Waals surface area contributed by atoms with E-state index in [4.69, 9.17) is 4.74 Å². The topological polar surface area (TPSA) is 73.2 Å². The third kappa shape index (κ3) is 4.90. The minimum Gasteiger partial charge on any atom is -0.452 e. The van der Waals surface area contributed by atoms with Crippen molar-refractivity contribution in [1.82, 2.24) is 9.78 Å². The van der Waals surface area contributed by atoms with Gasteiger partial charge in [-0.1, -0.05) is 35.9 Å². The number of anilines is 1. The first-order chi connectivity index (χ1) is 13.8. The first-order valence-corrected chi connectivity index (χ1v) is 9.52. The van der Waals surface area contributed by atoms with Crippen molar-refractivity contribution in [2.24, 2.45) is 0 Å². The van der Waals surface area contributed by atoms with Crippen LogP contribution in [-0.4, -0.2) is 27.8 Å². The zero-order chi connectivity index (χ0) is 21.0. The van der Waals surface area contributed by atoms with Crippen LogP contribution in [0.15, 0.2) is 54.6 Å². The molecule has 0 aliphatic heterocycles. The molecule has 29 heavy (non-hydrogen) atoms. The lowest BCUT2D eigenvalue weighted by Gasteiger charge is -2.14. The Bertz CT molecular complexity index is 1010. The Balaban J connectivity index is 1.64. The zero-order valence-electron chi connectivity index (χ0n) is 17.1. The van der Waals surface area contributed by atoms with Crippen LogP contribution in [0.25, 0.3) is 5.69 Å². The Labute approximate surface area is 170 Å². The van der Waals surface area contributed by atoms with Crippen molar-refractivity contribution in [2.45, 2.75) is 40.2 Å². The van der Waals surface area contributed by atoms with Gasteiger partial charge in [0.15, 0.2) is 6.10 Å². The van der Waals surface area contributed by atoms with E-state index in [1.807, 2.05) is 80.1 Å². The van der Waals surface area contributed by atoms with Crippen LogP contribution in [0, 0.1) is 20.8 Å². The lowest BCUT2D eigenvalue weighted by atomic mass is 10.1. The number of carbonyl (C=O) groups is 2. The summed E-state index contributed by atoms with van der Waals surface area (Å²) in [6, 6.07) is 17.2. The highest BCUT2D eigenvalue weighted by molar-refractivity contribution is 5.95. The number of rotatable bonds is 6. The van der Waals surface area contributed by atoms with E-state index in [1.165, 1.54) is 0 Å². The molecule has 1 N–H and O–H groups in total. The lowest BCUT2D eigenvalue weighted by Crippen LogP contribution is -2.30. The van der Waals surface area contributed by atoms with Gasteiger partial charge in [-0.3, -0.25) is 9.59 Å². The van der Waals surface area contributed by atoms with E-state index in [9.17, 15) is 9.59 Å². The van der Waals surface area contributed by atoms with E-state index in [1.54, 1.807) is 6.92 Å². The number of nitrogens with zero attached hydrogens (tertiary/aromatic N) is 2. The number of nitrogens with one attached hydrogen (secondary N) is 1. The summed E-state index contributed by atoms with van der Waals surface area (Å²) in [6.07, 6.45) is -0.833. The molecule has 0 radical (unpaired) electrons. The SMILES string of the molecule is Cc1ccc(NC(=O)[C@H](C)OC(=O)Cc2c(C)nn(-c3ccccc3)c2C)cc1. The van der Waals surface area contributed by atoms with Crippen LogP contribution >= 0.6 is 0 Å². The van der Waals surface area contributed by atoms with Crippen molar-refractivity contribution in [3.8, 4) is 5.69 Å². The Morgan fingerprint density at radius 2 is 1.69 bits per heavy atom. The fraction of sp³-hybridized carbons (Fsp3) is 0.261. The smallest absolute Gasteiger partial charge is 0.311 e. The fourth-order valence-electron chi connectivity index (χ4n) is 3.07. The minimum atomic E-state index is -0.895. The van der Waals surface area contributed by atoms with E-state index in [-0.39, 0.29) is 12.3 Å². The van der Waals surface area contributed by atoms with Crippen LogP contribution in [0.2, 0.25) is 0 Å². The number of hydrogen-bond donors (Lipinski definition) is 1. The number of para-hydroxylation sites is 1. The van der Waals surface area contributed by atoms with Crippen LogP contribution in [0.1, 0.15) is 29.4 Å². The summed E-state index contributed by atoms with van der Waals surface area (Å²) in [5.41, 5.74) is 5.15. The molecule has 0 aliphatic rings. The average molecular weight is 391 g/mol. The molecule has 0 aliphatic carbocycles. The first kappa shape index (κ1) is 20.3. The maximum Gasteiger partial charge on any atom is 0.311 e. The molecular weight excluding hydrogens is 366 g/mol. The van der Waals surface area contributed by atoms with E-state index in [2.05, 4.69) is 10.4 Å². The lowest BCUT2D eigenvalue weighted by molar-refractivity contribution is -0.152. The van der Waals surface area contributed by atoms with E-state index < -0.39 is 12.1 Å². The van der Waals surface area contributed by atoms with Gasteiger partial charge in [0.2, 0.25) is 0 Å². The van der Waals surface area contributed by atoms with Gasteiger partial charge in [-0.05, 0) is 52.0 Å². The predicted molar refractivity (Wildman–Crippen MR) is 112 cm³/mol. The van der Waals surface area contributed by atoms with Crippen molar-refractivity contribution in [2.75, 3.05) is 5.32 Å². The molecule has 2 aromatic carbocycles. The third-order valence-corrected chi connectivity index (χ3v) is 4.76. The Morgan fingerprint density at radius 1 is 1.03 bits per heavy atom. The van der Waals surface area contributed by atoms with Gasteiger partial charge in [0.1, 0.15) is 0 Å². The molecule has 150 valence electrons. The number of hydrogen-bond acceptors (Lipinski definition) is 4. The molecule has 1 atom stereocenters. The highest BCUT2D eigenvalue weighted by Crippen LogP contribution is 2.19. The van der Waals surface area contributed by atoms with Crippen molar-refractivity contribution >= 4 is 17.6 Å². The predicted octanol–water partition coefficient (Wildman–Crippen LogP) is 3.91. The Morgan fingerprint density at radius 3 is 2.34 bits per heavy atom. The largest absolute Gasteiger partial charge is 0.452 e. The van der Waals surface area contributed by atoms with Crippen molar-refractivity contribution in [3.05, 3.63) is 77.1 Å². The monoisotopic (exact) mass is 391 g/mol. The highest BCUT2D eigenvalue weighted by Gasteiger charge is 2.21. The maximum atomic E-state index is 12.4. The molecule has 6 nitrogen and oxygen atoms in total. The molecule has 0 unspecified atom stereocenters. The van der Waals surface area contributed by atoms with Crippen molar-refractivity contribution in [1.29, 1.82) is 0 Å². The van der Waals surface area contributed by atoms with E-state index in [0.717, 1.165) is 28.2 Å². The summed E-state index contributed by atoms with van der Waals surface area (Å²) in [5.74, 6) is -0.828. The number of benzene rings is 2. The van der Waals surface area contributed by atoms with Crippen molar-refractivity contribution in [3.63, 3.8) is 0 Å².